The quantitative estimate of drug-likeness (QED) is 0.831. The predicted octanol–water partition coefficient (Wildman–Crippen LogP) is 0.768. The van der Waals surface area contributed by atoms with Crippen LogP contribution in [-0.2, 0) is 4.79 Å². The standard InChI is InChI=1S/C12H19N3O3/c1-9-6-11(18-14-9)13-10(16)7-15-5-3-4-12(2,17)8-15/h6,17H,3-5,7-8H2,1-2H3,(H,13,16). The van der Waals surface area contributed by atoms with Gasteiger partial charge in [-0.15, -0.1) is 0 Å². The molecule has 1 aromatic rings. The fourth-order valence-electron chi connectivity index (χ4n) is 2.26. The van der Waals surface area contributed by atoms with E-state index in [1.54, 1.807) is 19.9 Å². The van der Waals surface area contributed by atoms with Gasteiger partial charge in [0.1, 0.15) is 0 Å². The van der Waals surface area contributed by atoms with Gasteiger partial charge in [0.05, 0.1) is 17.8 Å². The van der Waals surface area contributed by atoms with Crippen molar-refractivity contribution in [3.8, 4) is 0 Å². The summed E-state index contributed by atoms with van der Waals surface area (Å²) in [6, 6.07) is 1.67. The number of likely N-dealkylation sites (tertiary alicyclic amines) is 1. The normalized spacial score (nSPS) is 25.1. The van der Waals surface area contributed by atoms with E-state index in [0.29, 0.717) is 12.4 Å². The first kappa shape index (κ1) is 13.0. The number of aliphatic hydroxyl groups is 1. The molecule has 0 aromatic carbocycles. The minimum absolute atomic E-state index is 0.149. The summed E-state index contributed by atoms with van der Waals surface area (Å²) in [5.74, 6) is 0.213. The molecule has 100 valence electrons. The third kappa shape index (κ3) is 3.54. The molecule has 1 fully saturated rings. The first-order chi connectivity index (χ1) is 8.44. The Balaban J connectivity index is 1.84. The van der Waals surface area contributed by atoms with Crippen LogP contribution in [0.15, 0.2) is 10.6 Å². The van der Waals surface area contributed by atoms with Crippen molar-refractivity contribution < 1.29 is 14.4 Å². The van der Waals surface area contributed by atoms with Gasteiger partial charge >= 0.3 is 0 Å². The Kier molecular flexibility index (Phi) is 3.68. The second-order valence-electron chi connectivity index (χ2n) is 5.19. The molecule has 1 amide bonds. The summed E-state index contributed by atoms with van der Waals surface area (Å²) in [5, 5.41) is 16.3. The molecule has 0 radical (unpaired) electrons. The smallest absolute Gasteiger partial charge is 0.240 e. The van der Waals surface area contributed by atoms with E-state index in [9.17, 15) is 9.90 Å². The number of piperidine rings is 1. The van der Waals surface area contributed by atoms with Gasteiger partial charge in [0.2, 0.25) is 11.8 Å². The number of nitrogens with one attached hydrogen (secondary N) is 1. The molecule has 1 aliphatic rings. The third-order valence-electron chi connectivity index (χ3n) is 3.01. The van der Waals surface area contributed by atoms with Crippen LogP contribution in [0.4, 0.5) is 5.88 Å². The molecule has 2 heterocycles. The lowest BCUT2D eigenvalue weighted by Gasteiger charge is -2.36. The number of aromatic nitrogens is 1. The Morgan fingerprint density at radius 1 is 1.72 bits per heavy atom. The molecule has 0 saturated carbocycles. The molecule has 18 heavy (non-hydrogen) atoms. The summed E-state index contributed by atoms with van der Waals surface area (Å²) in [5.41, 5.74) is 0.0349. The van der Waals surface area contributed by atoms with Gasteiger partial charge < -0.3 is 9.63 Å². The van der Waals surface area contributed by atoms with E-state index >= 15 is 0 Å². The predicted molar refractivity (Wildman–Crippen MR) is 66.2 cm³/mol. The molecule has 6 heteroatoms. The monoisotopic (exact) mass is 253 g/mol. The van der Waals surface area contributed by atoms with E-state index in [-0.39, 0.29) is 12.5 Å². The van der Waals surface area contributed by atoms with Crippen LogP contribution in [0, 0.1) is 6.92 Å². The van der Waals surface area contributed by atoms with E-state index < -0.39 is 5.60 Å². The number of amides is 1. The van der Waals surface area contributed by atoms with Gasteiger partial charge in [-0.05, 0) is 33.2 Å². The molecule has 6 nitrogen and oxygen atoms in total. The van der Waals surface area contributed by atoms with E-state index in [4.69, 9.17) is 4.52 Å². The average Bonchev–Trinajstić information content (AvgIpc) is 2.62. The van der Waals surface area contributed by atoms with Gasteiger partial charge in [-0.2, -0.15) is 0 Å². The van der Waals surface area contributed by atoms with Crippen molar-refractivity contribution in [3.05, 3.63) is 11.8 Å². The van der Waals surface area contributed by atoms with Crippen LogP contribution in [0.3, 0.4) is 0 Å². The lowest BCUT2D eigenvalue weighted by atomic mass is 9.95. The maximum Gasteiger partial charge on any atom is 0.240 e. The van der Waals surface area contributed by atoms with Crippen molar-refractivity contribution in [2.45, 2.75) is 32.3 Å². The number of hydrogen-bond acceptors (Lipinski definition) is 5. The second-order valence-corrected chi connectivity index (χ2v) is 5.19. The first-order valence-electron chi connectivity index (χ1n) is 6.12. The zero-order valence-electron chi connectivity index (χ0n) is 10.8. The second kappa shape index (κ2) is 5.07. The SMILES string of the molecule is Cc1cc(NC(=O)CN2CCCC(C)(O)C2)on1. The highest BCUT2D eigenvalue weighted by atomic mass is 16.5. The highest BCUT2D eigenvalue weighted by Crippen LogP contribution is 2.20. The molecule has 1 aromatic heterocycles. The number of β-amino-alcohol motifs (C(OH)–C–C–N with tert-alkyl or cyclic N) is 1. The van der Waals surface area contributed by atoms with E-state index in [1.165, 1.54) is 0 Å². The van der Waals surface area contributed by atoms with Crippen LogP contribution in [0.25, 0.3) is 0 Å². The molecule has 1 aliphatic heterocycles. The Labute approximate surface area is 106 Å². The van der Waals surface area contributed by atoms with E-state index in [1.807, 2.05) is 4.90 Å². The van der Waals surface area contributed by atoms with Gasteiger partial charge in [-0.3, -0.25) is 15.0 Å². The van der Waals surface area contributed by atoms with Gasteiger partial charge in [-0.1, -0.05) is 5.16 Å². The zero-order valence-corrected chi connectivity index (χ0v) is 10.8. The Hall–Kier alpha value is -1.40. The number of anilines is 1. The number of rotatable bonds is 3. The molecule has 1 unspecified atom stereocenters. The minimum Gasteiger partial charge on any atom is -0.389 e. The summed E-state index contributed by atoms with van der Waals surface area (Å²) in [4.78, 5) is 13.7. The largest absolute Gasteiger partial charge is 0.389 e. The van der Waals surface area contributed by atoms with E-state index in [0.717, 1.165) is 25.1 Å². The van der Waals surface area contributed by atoms with Crippen LogP contribution in [0.1, 0.15) is 25.5 Å². The molecule has 0 spiro atoms. The molecule has 0 aliphatic carbocycles. The van der Waals surface area contributed by atoms with Crippen molar-refractivity contribution in [3.63, 3.8) is 0 Å². The molecule has 2 N–H and O–H groups in total. The topological polar surface area (TPSA) is 78.6 Å². The van der Waals surface area contributed by atoms with Crippen molar-refractivity contribution >= 4 is 11.8 Å². The Morgan fingerprint density at radius 3 is 3.11 bits per heavy atom. The molecule has 0 bridgehead atoms. The van der Waals surface area contributed by atoms with Crippen LogP contribution in [0.2, 0.25) is 0 Å². The van der Waals surface area contributed by atoms with Crippen LogP contribution in [0.5, 0.6) is 0 Å². The summed E-state index contributed by atoms with van der Waals surface area (Å²) in [6.45, 7) is 5.21. The summed E-state index contributed by atoms with van der Waals surface area (Å²) in [6.07, 6.45) is 1.69. The van der Waals surface area contributed by atoms with Crippen LogP contribution >= 0.6 is 0 Å². The maximum absolute atomic E-state index is 11.8. The van der Waals surface area contributed by atoms with Crippen molar-refractivity contribution in [2.75, 3.05) is 25.0 Å². The Bertz CT molecular complexity index is 428. The minimum atomic E-state index is -0.693. The lowest BCUT2D eigenvalue weighted by molar-refractivity contribution is -0.118. The first-order valence-corrected chi connectivity index (χ1v) is 6.12. The number of hydrogen-bond donors (Lipinski definition) is 2. The van der Waals surface area contributed by atoms with Gasteiger partial charge in [0, 0.05) is 12.6 Å². The number of aryl methyl sites for hydroxylation is 1. The summed E-state index contributed by atoms with van der Waals surface area (Å²) in [7, 11) is 0. The zero-order chi connectivity index (χ0) is 13.2. The molecular formula is C12H19N3O3. The molecule has 1 saturated heterocycles. The maximum atomic E-state index is 11.8. The number of carbonyl (C=O) groups is 1. The lowest BCUT2D eigenvalue weighted by Crippen LogP contribution is -2.48. The Morgan fingerprint density at radius 2 is 2.50 bits per heavy atom. The van der Waals surface area contributed by atoms with Crippen molar-refractivity contribution in [2.24, 2.45) is 0 Å². The number of nitrogens with zero attached hydrogens (tertiary/aromatic N) is 2. The van der Waals surface area contributed by atoms with Crippen LogP contribution < -0.4 is 5.32 Å². The summed E-state index contributed by atoms with van der Waals surface area (Å²) < 4.78 is 4.92. The van der Waals surface area contributed by atoms with Crippen molar-refractivity contribution in [1.82, 2.24) is 10.1 Å². The molecular weight excluding hydrogens is 234 g/mol. The van der Waals surface area contributed by atoms with Gasteiger partial charge in [0.25, 0.3) is 0 Å². The molecule has 1 atom stereocenters. The number of carbonyl (C=O) groups excluding carboxylic acids is 1. The fraction of sp³-hybridized carbons (Fsp3) is 0.667. The highest BCUT2D eigenvalue weighted by molar-refractivity contribution is 5.90. The highest BCUT2D eigenvalue weighted by Gasteiger charge is 2.29. The van der Waals surface area contributed by atoms with Crippen molar-refractivity contribution in [1.29, 1.82) is 0 Å². The fourth-order valence-corrected chi connectivity index (χ4v) is 2.26. The van der Waals surface area contributed by atoms with Crippen LogP contribution in [-0.4, -0.2) is 46.3 Å². The molecule has 2 rings (SSSR count). The third-order valence-corrected chi connectivity index (χ3v) is 3.01. The van der Waals surface area contributed by atoms with E-state index in [2.05, 4.69) is 10.5 Å². The van der Waals surface area contributed by atoms with Gasteiger partial charge in [0.15, 0.2) is 0 Å². The summed E-state index contributed by atoms with van der Waals surface area (Å²) >= 11 is 0. The van der Waals surface area contributed by atoms with Gasteiger partial charge in [-0.25, -0.2) is 0 Å². The average molecular weight is 253 g/mol.